The number of carbonyl (C=O) groups is 2. The zero-order chi connectivity index (χ0) is 36.9. The van der Waals surface area contributed by atoms with Gasteiger partial charge in [0, 0.05) is 6.42 Å². The summed E-state index contributed by atoms with van der Waals surface area (Å²) in [6.07, 6.45) is -0.804. The van der Waals surface area contributed by atoms with Crippen molar-refractivity contribution in [2.45, 2.75) is 73.9 Å². The average molecular weight is 716 g/mol. The van der Waals surface area contributed by atoms with Gasteiger partial charge < -0.3 is 23.7 Å². The van der Waals surface area contributed by atoms with Crippen LogP contribution in [-0.4, -0.2) is 30.1 Å². The first-order valence-electron chi connectivity index (χ1n) is 17.2. The zero-order valence-corrected chi connectivity index (χ0v) is 31.1. The van der Waals surface area contributed by atoms with E-state index in [0.29, 0.717) is 18.1 Å². The molecule has 0 aliphatic rings. The van der Waals surface area contributed by atoms with Crippen LogP contribution in [-0.2, 0) is 26.8 Å². The second-order valence-electron chi connectivity index (χ2n) is 14.3. The van der Waals surface area contributed by atoms with Crippen molar-refractivity contribution < 1.29 is 33.3 Å². The molecule has 0 saturated carbocycles. The summed E-state index contributed by atoms with van der Waals surface area (Å²) in [4.78, 5) is 27.6. The lowest BCUT2D eigenvalue weighted by molar-refractivity contribution is 0.0193. The predicted octanol–water partition coefficient (Wildman–Crippen LogP) is 11.3. The number of fused-ring (bicyclic) bond motifs is 2. The summed E-state index contributed by atoms with van der Waals surface area (Å²) < 4.78 is 28.1. The van der Waals surface area contributed by atoms with Crippen molar-refractivity contribution in [2.24, 2.45) is 0 Å². The van der Waals surface area contributed by atoms with E-state index in [2.05, 4.69) is 60.7 Å². The number of para-hydroxylation sites is 1. The van der Waals surface area contributed by atoms with E-state index in [4.69, 9.17) is 23.7 Å². The molecule has 0 fully saturated rings. The summed E-state index contributed by atoms with van der Waals surface area (Å²) >= 11 is 0. The Hall–Kier alpha value is -5.47. The van der Waals surface area contributed by atoms with Crippen molar-refractivity contribution >= 4 is 44.8 Å². The molecule has 0 unspecified atom stereocenters. The molecule has 0 aliphatic carbocycles. The number of ether oxygens (including phenoxy) is 5. The molecule has 6 aromatic carbocycles. The second kappa shape index (κ2) is 15.4. The van der Waals surface area contributed by atoms with Crippen LogP contribution < -0.4 is 14.2 Å². The Morgan fingerprint density at radius 1 is 0.558 bits per heavy atom. The molecule has 0 saturated heterocycles. The summed E-state index contributed by atoms with van der Waals surface area (Å²) in [5, 5.41) is 4.86. The molecule has 0 heterocycles. The summed E-state index contributed by atoms with van der Waals surface area (Å²) in [5.74, 6) is 1.50. The predicted molar refractivity (Wildman–Crippen MR) is 206 cm³/mol. The van der Waals surface area contributed by atoms with Crippen LogP contribution in [0.1, 0.15) is 47.1 Å². The van der Waals surface area contributed by atoms with Crippen LogP contribution >= 0.6 is 0 Å². The van der Waals surface area contributed by atoms with Crippen LogP contribution in [0.4, 0.5) is 9.59 Å². The summed E-state index contributed by atoms with van der Waals surface area (Å²) in [6, 6.07) is 42.1. The highest BCUT2D eigenvalue weighted by atomic mass is 32.2. The standard InChI is InChI=1S/C44H43O7S/c1-43(2,3)50-41(45)48-34-18-22-36(23-19-34)52(37-24-20-35(21-25-37)49-42(46)51-44(4,5)6)40-17-10-9-16-39(40)47-27-26-30-14-11-15-33-28-31-12-7-8-13-32(31)29-38(30)33/h7-25,28-29H,26-27H2,1-6H3/q+1. The van der Waals surface area contributed by atoms with E-state index in [1.165, 1.54) is 27.1 Å². The number of hydrogen-bond donors (Lipinski definition) is 0. The first-order valence-corrected chi connectivity index (χ1v) is 18.4. The molecule has 52 heavy (non-hydrogen) atoms. The molecular weight excluding hydrogens is 673 g/mol. The molecular formula is C44H43O7S+. The lowest BCUT2D eigenvalue weighted by atomic mass is 9.98. The highest BCUT2D eigenvalue weighted by Gasteiger charge is 2.33. The van der Waals surface area contributed by atoms with Gasteiger partial charge in [-0.3, -0.25) is 0 Å². The normalized spacial score (nSPS) is 11.8. The van der Waals surface area contributed by atoms with E-state index in [-0.39, 0.29) is 0 Å². The molecule has 7 nitrogen and oxygen atoms in total. The number of hydrogen-bond acceptors (Lipinski definition) is 7. The maximum absolute atomic E-state index is 12.3. The van der Waals surface area contributed by atoms with E-state index in [9.17, 15) is 9.59 Å². The number of carbonyl (C=O) groups excluding carboxylic acids is 2. The zero-order valence-electron chi connectivity index (χ0n) is 30.3. The smallest absolute Gasteiger partial charge is 0.488 e. The Balaban J connectivity index is 1.28. The quantitative estimate of drug-likeness (QED) is 0.0638. The molecule has 0 aromatic heterocycles. The summed E-state index contributed by atoms with van der Waals surface area (Å²) in [7, 11) is -0.654. The number of rotatable bonds is 9. The Morgan fingerprint density at radius 2 is 1.06 bits per heavy atom. The van der Waals surface area contributed by atoms with Crippen molar-refractivity contribution in [3.8, 4) is 17.2 Å². The minimum Gasteiger partial charge on any atom is -0.488 e. The molecule has 6 aromatic rings. The molecule has 0 aliphatic heterocycles. The van der Waals surface area contributed by atoms with E-state index in [1.54, 1.807) is 65.8 Å². The van der Waals surface area contributed by atoms with Crippen LogP contribution in [0.3, 0.4) is 0 Å². The maximum atomic E-state index is 12.3. The van der Waals surface area contributed by atoms with Crippen molar-refractivity contribution in [1.29, 1.82) is 0 Å². The van der Waals surface area contributed by atoms with Gasteiger partial charge in [-0.05, 0) is 141 Å². The summed E-state index contributed by atoms with van der Waals surface area (Å²) in [6.45, 7) is 11.2. The first kappa shape index (κ1) is 36.3. The Bertz CT molecular complexity index is 2110. The van der Waals surface area contributed by atoms with Crippen LogP contribution in [0.15, 0.2) is 142 Å². The minimum atomic E-state index is -0.766. The van der Waals surface area contributed by atoms with Gasteiger partial charge in [0.25, 0.3) is 0 Å². The van der Waals surface area contributed by atoms with Crippen LogP contribution in [0.25, 0.3) is 21.5 Å². The van der Waals surface area contributed by atoms with E-state index < -0.39 is 34.4 Å². The molecule has 0 amide bonds. The Labute approximate surface area is 307 Å². The van der Waals surface area contributed by atoms with Gasteiger partial charge in [0.15, 0.2) is 15.5 Å². The van der Waals surface area contributed by atoms with Crippen molar-refractivity contribution in [1.82, 2.24) is 0 Å². The fourth-order valence-electron chi connectivity index (χ4n) is 5.67. The average Bonchev–Trinajstić information content (AvgIpc) is 3.08. The Kier molecular flexibility index (Phi) is 10.8. The van der Waals surface area contributed by atoms with Gasteiger partial charge in [0.1, 0.15) is 33.6 Å². The van der Waals surface area contributed by atoms with Crippen LogP contribution in [0.2, 0.25) is 0 Å². The van der Waals surface area contributed by atoms with Crippen molar-refractivity contribution in [3.05, 3.63) is 133 Å². The highest BCUT2D eigenvalue weighted by Crippen LogP contribution is 2.38. The lowest BCUT2D eigenvalue weighted by Gasteiger charge is -2.19. The van der Waals surface area contributed by atoms with Gasteiger partial charge in [0.2, 0.25) is 4.90 Å². The van der Waals surface area contributed by atoms with E-state index in [0.717, 1.165) is 26.9 Å². The lowest BCUT2D eigenvalue weighted by Crippen LogP contribution is -2.26. The molecule has 0 spiro atoms. The molecule has 266 valence electrons. The van der Waals surface area contributed by atoms with E-state index in [1.807, 2.05) is 42.5 Å². The monoisotopic (exact) mass is 715 g/mol. The third kappa shape index (κ3) is 9.44. The molecule has 0 bridgehead atoms. The summed E-state index contributed by atoms with van der Waals surface area (Å²) in [5.41, 5.74) is -0.121. The Morgan fingerprint density at radius 3 is 1.62 bits per heavy atom. The first-order chi connectivity index (χ1) is 24.8. The fourth-order valence-corrected chi connectivity index (χ4v) is 7.81. The SMILES string of the molecule is CC(C)(C)OC(=O)Oc1ccc([S+](c2ccc(OC(=O)OC(C)(C)C)cc2)c2ccccc2OCCc2cccc3cc4ccccc4cc23)cc1. The second-order valence-corrected chi connectivity index (χ2v) is 16.3. The van der Waals surface area contributed by atoms with Gasteiger partial charge in [0.05, 0.1) is 6.61 Å². The topological polar surface area (TPSA) is 80.3 Å². The molecule has 0 atom stereocenters. The molecule has 6 rings (SSSR count). The van der Waals surface area contributed by atoms with Gasteiger partial charge >= 0.3 is 12.3 Å². The fraction of sp³-hybridized carbons (Fsp3) is 0.227. The minimum absolute atomic E-state index is 0.370. The van der Waals surface area contributed by atoms with Gasteiger partial charge in [-0.25, -0.2) is 9.59 Å². The third-order valence-electron chi connectivity index (χ3n) is 7.84. The van der Waals surface area contributed by atoms with E-state index >= 15 is 0 Å². The van der Waals surface area contributed by atoms with Crippen molar-refractivity contribution in [3.63, 3.8) is 0 Å². The maximum Gasteiger partial charge on any atom is 0.514 e. The molecule has 0 N–H and O–H groups in total. The number of benzene rings is 6. The largest absolute Gasteiger partial charge is 0.514 e. The van der Waals surface area contributed by atoms with Crippen LogP contribution in [0.5, 0.6) is 17.2 Å². The highest BCUT2D eigenvalue weighted by molar-refractivity contribution is 7.97. The molecule has 8 heteroatoms. The van der Waals surface area contributed by atoms with Crippen molar-refractivity contribution in [2.75, 3.05) is 6.61 Å². The van der Waals surface area contributed by atoms with Gasteiger partial charge in [-0.1, -0.05) is 54.6 Å². The van der Waals surface area contributed by atoms with Gasteiger partial charge in [-0.2, -0.15) is 0 Å². The van der Waals surface area contributed by atoms with Gasteiger partial charge in [-0.15, -0.1) is 0 Å². The molecule has 0 radical (unpaired) electrons. The third-order valence-corrected chi connectivity index (χ3v) is 10.1. The van der Waals surface area contributed by atoms with Crippen LogP contribution in [0, 0.1) is 0 Å².